The summed E-state index contributed by atoms with van der Waals surface area (Å²) in [5.74, 6) is -0.239. The Morgan fingerprint density at radius 3 is 2.28 bits per heavy atom. The summed E-state index contributed by atoms with van der Waals surface area (Å²) in [6.07, 6.45) is 0.0438. The van der Waals surface area contributed by atoms with Crippen molar-refractivity contribution in [3.05, 3.63) is 65.7 Å². The molecule has 0 radical (unpaired) electrons. The van der Waals surface area contributed by atoms with Crippen LogP contribution in [0.4, 0.5) is 5.69 Å². The van der Waals surface area contributed by atoms with E-state index in [1.54, 1.807) is 41.3 Å². The fourth-order valence-electron chi connectivity index (χ4n) is 3.05. The molecule has 2 atom stereocenters. The van der Waals surface area contributed by atoms with Crippen molar-refractivity contribution in [1.82, 2.24) is 4.90 Å². The van der Waals surface area contributed by atoms with Crippen molar-refractivity contribution in [3.8, 4) is 0 Å². The molecule has 0 unspecified atom stereocenters. The second-order valence-corrected chi connectivity index (χ2v) is 6.37. The first-order chi connectivity index (χ1) is 12.0. The summed E-state index contributed by atoms with van der Waals surface area (Å²) < 4.78 is 5.68. The third-order valence-corrected chi connectivity index (χ3v) is 4.11. The van der Waals surface area contributed by atoms with Crippen LogP contribution in [0.2, 0.25) is 0 Å². The number of benzene rings is 2. The van der Waals surface area contributed by atoms with Crippen LogP contribution >= 0.6 is 0 Å². The van der Waals surface area contributed by atoms with E-state index in [4.69, 9.17) is 4.74 Å². The lowest BCUT2D eigenvalue weighted by Crippen LogP contribution is -2.48. The van der Waals surface area contributed by atoms with E-state index in [0.717, 1.165) is 0 Å². The van der Waals surface area contributed by atoms with Crippen LogP contribution in [0.25, 0.3) is 0 Å². The number of amides is 2. The number of rotatable bonds is 3. The summed E-state index contributed by atoms with van der Waals surface area (Å²) in [6, 6.07) is 16.0. The predicted octanol–water partition coefficient (Wildman–Crippen LogP) is 3.19. The first-order valence-electron chi connectivity index (χ1n) is 8.44. The number of carbonyl (C=O) groups is 2. The highest BCUT2D eigenvalue weighted by Gasteiger charge is 2.26. The number of carbonyl (C=O) groups excluding carboxylic acids is 2. The number of ether oxygens (including phenoxy) is 1. The number of nitrogens with one attached hydrogen (secondary N) is 1. The average molecular weight is 338 g/mol. The molecule has 2 aromatic rings. The van der Waals surface area contributed by atoms with Gasteiger partial charge in [0.05, 0.1) is 12.2 Å². The molecule has 1 fully saturated rings. The van der Waals surface area contributed by atoms with Gasteiger partial charge < -0.3 is 15.0 Å². The molecule has 2 amide bonds. The predicted molar refractivity (Wildman–Crippen MR) is 96.7 cm³/mol. The first-order valence-corrected chi connectivity index (χ1v) is 8.44. The van der Waals surface area contributed by atoms with Crippen molar-refractivity contribution in [2.24, 2.45) is 0 Å². The van der Waals surface area contributed by atoms with E-state index >= 15 is 0 Å². The fourth-order valence-corrected chi connectivity index (χ4v) is 3.05. The zero-order valence-corrected chi connectivity index (χ0v) is 14.4. The van der Waals surface area contributed by atoms with Gasteiger partial charge in [0.25, 0.3) is 11.8 Å². The molecule has 0 spiro atoms. The van der Waals surface area contributed by atoms with E-state index in [9.17, 15) is 9.59 Å². The molecule has 5 nitrogen and oxygen atoms in total. The summed E-state index contributed by atoms with van der Waals surface area (Å²) in [5, 5.41) is 2.84. The highest BCUT2D eigenvalue weighted by atomic mass is 16.5. The molecule has 0 saturated carbocycles. The molecule has 5 heteroatoms. The lowest BCUT2D eigenvalue weighted by atomic mass is 10.1. The van der Waals surface area contributed by atoms with Gasteiger partial charge in [-0.2, -0.15) is 0 Å². The number of hydrogen-bond donors (Lipinski definition) is 1. The molecule has 1 heterocycles. The van der Waals surface area contributed by atoms with Crippen LogP contribution in [0.3, 0.4) is 0 Å². The van der Waals surface area contributed by atoms with Crippen molar-refractivity contribution in [1.29, 1.82) is 0 Å². The molecule has 1 N–H and O–H groups in total. The lowest BCUT2D eigenvalue weighted by molar-refractivity contribution is -0.0586. The summed E-state index contributed by atoms with van der Waals surface area (Å²) in [5.41, 5.74) is 1.75. The lowest BCUT2D eigenvalue weighted by Gasteiger charge is -2.35. The van der Waals surface area contributed by atoms with E-state index in [-0.39, 0.29) is 24.0 Å². The normalized spacial score (nSPS) is 20.2. The smallest absolute Gasteiger partial charge is 0.255 e. The number of hydrogen-bond acceptors (Lipinski definition) is 3. The Labute approximate surface area is 147 Å². The summed E-state index contributed by atoms with van der Waals surface area (Å²) >= 11 is 0. The second-order valence-electron chi connectivity index (χ2n) is 6.37. The van der Waals surface area contributed by atoms with Crippen molar-refractivity contribution < 1.29 is 14.3 Å². The maximum Gasteiger partial charge on any atom is 0.255 e. The third kappa shape index (κ3) is 4.25. The Morgan fingerprint density at radius 1 is 0.960 bits per heavy atom. The van der Waals surface area contributed by atoms with Crippen molar-refractivity contribution in [2.75, 3.05) is 18.4 Å². The minimum Gasteiger partial charge on any atom is -0.372 e. The van der Waals surface area contributed by atoms with Gasteiger partial charge >= 0.3 is 0 Å². The van der Waals surface area contributed by atoms with Crippen LogP contribution in [0.1, 0.15) is 34.6 Å². The maximum atomic E-state index is 12.8. The Morgan fingerprint density at radius 2 is 1.60 bits per heavy atom. The van der Waals surface area contributed by atoms with Gasteiger partial charge in [0.2, 0.25) is 0 Å². The van der Waals surface area contributed by atoms with E-state index < -0.39 is 0 Å². The maximum absolute atomic E-state index is 12.8. The van der Waals surface area contributed by atoms with Gasteiger partial charge in [-0.05, 0) is 44.2 Å². The molecule has 130 valence electrons. The highest BCUT2D eigenvalue weighted by Crippen LogP contribution is 2.17. The molecule has 1 aliphatic rings. The summed E-state index contributed by atoms with van der Waals surface area (Å²) in [7, 11) is 0. The van der Waals surface area contributed by atoms with Crippen molar-refractivity contribution in [3.63, 3.8) is 0 Å². The van der Waals surface area contributed by atoms with Crippen LogP contribution in [0, 0.1) is 0 Å². The topological polar surface area (TPSA) is 58.6 Å². The van der Waals surface area contributed by atoms with Crippen LogP contribution in [-0.4, -0.2) is 42.0 Å². The van der Waals surface area contributed by atoms with Crippen LogP contribution in [0.5, 0.6) is 0 Å². The Kier molecular flexibility index (Phi) is 5.14. The van der Waals surface area contributed by atoms with Gasteiger partial charge in [-0.3, -0.25) is 9.59 Å². The van der Waals surface area contributed by atoms with E-state index in [1.807, 2.05) is 32.0 Å². The zero-order chi connectivity index (χ0) is 17.8. The van der Waals surface area contributed by atoms with Crippen LogP contribution < -0.4 is 5.32 Å². The van der Waals surface area contributed by atoms with Crippen molar-refractivity contribution >= 4 is 17.5 Å². The molecule has 0 aromatic heterocycles. The van der Waals surface area contributed by atoms with E-state index in [2.05, 4.69) is 5.32 Å². The van der Waals surface area contributed by atoms with Gasteiger partial charge in [-0.1, -0.05) is 24.3 Å². The largest absolute Gasteiger partial charge is 0.372 e. The highest BCUT2D eigenvalue weighted by molar-refractivity contribution is 6.05. The minimum absolute atomic E-state index is 0.0219. The SMILES string of the molecule is C[C@H]1CN(C(=O)c2cccc(NC(=O)c3ccccc3)c2)C[C@H](C)O1. The molecule has 2 aromatic carbocycles. The van der Waals surface area contributed by atoms with Crippen molar-refractivity contribution in [2.45, 2.75) is 26.1 Å². The number of nitrogens with zero attached hydrogens (tertiary/aromatic N) is 1. The molecule has 25 heavy (non-hydrogen) atoms. The quantitative estimate of drug-likeness (QED) is 0.935. The van der Waals surface area contributed by atoms with Gasteiger partial charge in [-0.15, -0.1) is 0 Å². The Hall–Kier alpha value is -2.66. The fraction of sp³-hybridized carbons (Fsp3) is 0.300. The first kappa shape index (κ1) is 17.2. The number of morpholine rings is 1. The molecule has 3 rings (SSSR count). The van der Waals surface area contributed by atoms with Gasteiger partial charge in [0, 0.05) is 29.9 Å². The Balaban J connectivity index is 1.73. The second kappa shape index (κ2) is 7.49. The molecule has 1 aliphatic heterocycles. The average Bonchev–Trinajstić information content (AvgIpc) is 2.61. The van der Waals surface area contributed by atoms with E-state index in [1.165, 1.54) is 0 Å². The van der Waals surface area contributed by atoms with Gasteiger partial charge in [0.15, 0.2) is 0 Å². The minimum atomic E-state index is -0.196. The monoisotopic (exact) mass is 338 g/mol. The van der Waals surface area contributed by atoms with Crippen LogP contribution in [0.15, 0.2) is 54.6 Å². The number of anilines is 1. The van der Waals surface area contributed by atoms with Gasteiger partial charge in [0.1, 0.15) is 0 Å². The molecule has 1 saturated heterocycles. The molecule has 0 bridgehead atoms. The molecular formula is C20H22N2O3. The standard InChI is InChI=1S/C20H22N2O3/c1-14-12-22(13-15(2)25-14)20(24)17-9-6-10-18(11-17)21-19(23)16-7-4-3-5-8-16/h3-11,14-15H,12-13H2,1-2H3,(H,21,23)/t14-,15-/m0/s1. The molecule has 0 aliphatic carbocycles. The molecular weight excluding hydrogens is 316 g/mol. The Bertz CT molecular complexity index is 751. The summed E-state index contributed by atoms with van der Waals surface area (Å²) in [6.45, 7) is 5.08. The zero-order valence-electron chi connectivity index (χ0n) is 14.4. The van der Waals surface area contributed by atoms with Crippen LogP contribution in [-0.2, 0) is 4.74 Å². The summed E-state index contributed by atoms with van der Waals surface area (Å²) in [4.78, 5) is 26.8. The van der Waals surface area contributed by atoms with Gasteiger partial charge in [-0.25, -0.2) is 0 Å². The van der Waals surface area contributed by atoms with E-state index in [0.29, 0.717) is 29.9 Å². The third-order valence-electron chi connectivity index (χ3n) is 4.11.